The molecule has 1 aliphatic heterocycles. The SMILES string of the molecule is COc1ccccc1C(CN)NN1CCOCC1. The van der Waals surface area contributed by atoms with E-state index in [1.54, 1.807) is 7.11 Å². The van der Waals surface area contributed by atoms with Crippen LogP contribution in [0.15, 0.2) is 24.3 Å². The van der Waals surface area contributed by atoms with E-state index in [1.165, 1.54) is 0 Å². The van der Waals surface area contributed by atoms with Gasteiger partial charge in [0.05, 0.1) is 26.4 Å². The third-order valence-corrected chi connectivity index (χ3v) is 3.10. The standard InChI is InChI=1S/C13H21N3O2/c1-17-13-5-3-2-4-11(13)12(10-14)15-16-6-8-18-9-7-16/h2-5,12,15H,6-10,14H2,1H3. The Kier molecular flexibility index (Phi) is 4.95. The summed E-state index contributed by atoms with van der Waals surface area (Å²) in [4.78, 5) is 0. The molecule has 5 heteroatoms. The molecule has 1 fully saturated rings. The first-order valence-electron chi connectivity index (χ1n) is 6.27. The zero-order valence-corrected chi connectivity index (χ0v) is 10.8. The lowest BCUT2D eigenvalue weighted by atomic mass is 10.1. The van der Waals surface area contributed by atoms with Gasteiger partial charge in [-0.25, -0.2) is 10.4 Å². The predicted molar refractivity (Wildman–Crippen MR) is 70.3 cm³/mol. The van der Waals surface area contributed by atoms with Crippen LogP contribution in [-0.2, 0) is 4.74 Å². The van der Waals surface area contributed by atoms with Gasteiger partial charge in [-0.1, -0.05) is 18.2 Å². The molecule has 18 heavy (non-hydrogen) atoms. The van der Waals surface area contributed by atoms with Crippen molar-refractivity contribution in [3.63, 3.8) is 0 Å². The number of para-hydroxylation sites is 1. The topological polar surface area (TPSA) is 59.8 Å². The van der Waals surface area contributed by atoms with Crippen molar-refractivity contribution < 1.29 is 9.47 Å². The zero-order valence-electron chi connectivity index (χ0n) is 10.8. The number of ether oxygens (including phenoxy) is 2. The van der Waals surface area contributed by atoms with Crippen molar-refractivity contribution in [1.82, 2.24) is 10.4 Å². The molecule has 1 aliphatic rings. The van der Waals surface area contributed by atoms with E-state index in [1.807, 2.05) is 24.3 Å². The summed E-state index contributed by atoms with van der Waals surface area (Å²) in [5.74, 6) is 0.869. The molecule has 3 N–H and O–H groups in total. The molecule has 0 aliphatic carbocycles. The van der Waals surface area contributed by atoms with E-state index in [4.69, 9.17) is 15.2 Å². The summed E-state index contributed by atoms with van der Waals surface area (Å²) in [6.07, 6.45) is 0. The fourth-order valence-electron chi connectivity index (χ4n) is 2.12. The normalized spacial score (nSPS) is 18.6. The molecule has 5 nitrogen and oxygen atoms in total. The van der Waals surface area contributed by atoms with Gasteiger partial charge in [0, 0.05) is 25.2 Å². The highest BCUT2D eigenvalue weighted by Gasteiger charge is 2.18. The van der Waals surface area contributed by atoms with Crippen LogP contribution in [0.25, 0.3) is 0 Å². The fraction of sp³-hybridized carbons (Fsp3) is 0.538. The summed E-state index contributed by atoms with van der Waals surface area (Å²) < 4.78 is 10.7. The van der Waals surface area contributed by atoms with E-state index in [2.05, 4.69) is 10.4 Å². The van der Waals surface area contributed by atoms with E-state index >= 15 is 0 Å². The number of morpholine rings is 1. The van der Waals surface area contributed by atoms with Crippen molar-refractivity contribution in [3.8, 4) is 5.75 Å². The number of nitrogens with two attached hydrogens (primary N) is 1. The monoisotopic (exact) mass is 251 g/mol. The maximum absolute atomic E-state index is 5.87. The Morgan fingerprint density at radius 3 is 2.78 bits per heavy atom. The fourth-order valence-corrected chi connectivity index (χ4v) is 2.12. The largest absolute Gasteiger partial charge is 0.496 e. The lowest BCUT2D eigenvalue weighted by Crippen LogP contribution is -2.48. The van der Waals surface area contributed by atoms with Crippen LogP contribution in [0.4, 0.5) is 0 Å². The van der Waals surface area contributed by atoms with Gasteiger partial charge in [-0.2, -0.15) is 0 Å². The average molecular weight is 251 g/mol. The van der Waals surface area contributed by atoms with Crippen molar-refractivity contribution >= 4 is 0 Å². The Hall–Kier alpha value is -1.14. The van der Waals surface area contributed by atoms with Crippen LogP contribution in [0.2, 0.25) is 0 Å². The highest BCUT2D eigenvalue weighted by molar-refractivity contribution is 5.36. The molecular weight excluding hydrogens is 230 g/mol. The minimum atomic E-state index is 0.0687. The zero-order chi connectivity index (χ0) is 12.8. The number of benzene rings is 1. The highest BCUT2D eigenvalue weighted by Crippen LogP contribution is 2.24. The molecule has 0 amide bonds. The Bertz CT molecular complexity index is 367. The minimum absolute atomic E-state index is 0.0687. The molecule has 1 aromatic rings. The van der Waals surface area contributed by atoms with Gasteiger partial charge in [0.1, 0.15) is 5.75 Å². The van der Waals surface area contributed by atoms with Gasteiger partial charge in [0.25, 0.3) is 0 Å². The summed E-state index contributed by atoms with van der Waals surface area (Å²) in [5, 5.41) is 2.16. The van der Waals surface area contributed by atoms with Crippen LogP contribution in [0.1, 0.15) is 11.6 Å². The van der Waals surface area contributed by atoms with Gasteiger partial charge in [-0.15, -0.1) is 0 Å². The molecule has 1 heterocycles. The molecule has 1 atom stereocenters. The number of nitrogens with zero attached hydrogens (tertiary/aromatic N) is 1. The molecule has 0 saturated carbocycles. The summed E-state index contributed by atoms with van der Waals surface area (Å²) >= 11 is 0. The number of rotatable bonds is 5. The Labute approximate surface area is 108 Å². The quantitative estimate of drug-likeness (QED) is 0.799. The molecule has 0 radical (unpaired) electrons. The first-order valence-corrected chi connectivity index (χ1v) is 6.27. The average Bonchev–Trinajstić information content (AvgIpc) is 2.46. The molecule has 0 bridgehead atoms. The van der Waals surface area contributed by atoms with Crippen molar-refractivity contribution in [3.05, 3.63) is 29.8 Å². The van der Waals surface area contributed by atoms with Crippen molar-refractivity contribution in [2.45, 2.75) is 6.04 Å². The Balaban J connectivity index is 2.07. The summed E-state index contributed by atoms with van der Waals surface area (Å²) in [6.45, 7) is 3.81. The van der Waals surface area contributed by atoms with Gasteiger partial charge in [0.15, 0.2) is 0 Å². The van der Waals surface area contributed by atoms with Crippen LogP contribution < -0.4 is 15.9 Å². The van der Waals surface area contributed by atoms with Gasteiger partial charge >= 0.3 is 0 Å². The van der Waals surface area contributed by atoms with Crippen LogP contribution in [-0.4, -0.2) is 45.0 Å². The second-order valence-electron chi connectivity index (χ2n) is 4.26. The van der Waals surface area contributed by atoms with Crippen molar-refractivity contribution in [2.24, 2.45) is 5.73 Å². The number of hydrazine groups is 1. The van der Waals surface area contributed by atoms with E-state index in [0.717, 1.165) is 37.6 Å². The lowest BCUT2D eigenvalue weighted by Gasteiger charge is -2.31. The predicted octanol–water partition coefficient (Wildman–Crippen LogP) is 0.532. The van der Waals surface area contributed by atoms with Crippen molar-refractivity contribution in [1.29, 1.82) is 0 Å². The number of hydrogen-bond acceptors (Lipinski definition) is 5. The maximum atomic E-state index is 5.87. The molecule has 2 rings (SSSR count). The van der Waals surface area contributed by atoms with Gasteiger partial charge in [0.2, 0.25) is 0 Å². The Morgan fingerprint density at radius 2 is 2.11 bits per heavy atom. The van der Waals surface area contributed by atoms with Crippen LogP contribution >= 0.6 is 0 Å². The molecule has 1 unspecified atom stereocenters. The highest BCUT2D eigenvalue weighted by atomic mass is 16.5. The number of nitrogens with one attached hydrogen (secondary N) is 1. The first-order chi connectivity index (χ1) is 8.85. The second-order valence-corrected chi connectivity index (χ2v) is 4.26. The Morgan fingerprint density at radius 1 is 1.39 bits per heavy atom. The first kappa shape index (κ1) is 13.3. The van der Waals surface area contributed by atoms with Gasteiger partial charge in [-0.3, -0.25) is 0 Å². The van der Waals surface area contributed by atoms with Crippen LogP contribution in [0.5, 0.6) is 5.75 Å². The summed E-state index contributed by atoms with van der Waals surface area (Å²) in [5.41, 5.74) is 10.4. The van der Waals surface area contributed by atoms with E-state index < -0.39 is 0 Å². The molecule has 0 spiro atoms. The summed E-state index contributed by atoms with van der Waals surface area (Å²) in [6, 6.07) is 8.04. The maximum Gasteiger partial charge on any atom is 0.123 e. The van der Waals surface area contributed by atoms with E-state index in [9.17, 15) is 0 Å². The summed E-state index contributed by atoms with van der Waals surface area (Å²) in [7, 11) is 1.68. The van der Waals surface area contributed by atoms with E-state index in [0.29, 0.717) is 6.54 Å². The second kappa shape index (κ2) is 6.70. The lowest BCUT2D eigenvalue weighted by molar-refractivity contribution is 0.00389. The number of methoxy groups -OCH3 is 1. The van der Waals surface area contributed by atoms with Crippen LogP contribution in [0.3, 0.4) is 0 Å². The van der Waals surface area contributed by atoms with Gasteiger partial charge < -0.3 is 15.2 Å². The molecular formula is C13H21N3O2. The smallest absolute Gasteiger partial charge is 0.123 e. The van der Waals surface area contributed by atoms with Gasteiger partial charge in [-0.05, 0) is 6.07 Å². The number of hydrogen-bond donors (Lipinski definition) is 2. The van der Waals surface area contributed by atoms with Crippen molar-refractivity contribution in [2.75, 3.05) is 40.0 Å². The molecule has 100 valence electrons. The molecule has 1 aromatic carbocycles. The molecule has 0 aromatic heterocycles. The van der Waals surface area contributed by atoms with Crippen LogP contribution in [0, 0.1) is 0 Å². The van der Waals surface area contributed by atoms with E-state index in [-0.39, 0.29) is 6.04 Å². The molecule has 1 saturated heterocycles. The minimum Gasteiger partial charge on any atom is -0.496 e. The third kappa shape index (κ3) is 3.20. The third-order valence-electron chi connectivity index (χ3n) is 3.10.